The summed E-state index contributed by atoms with van der Waals surface area (Å²) < 4.78 is 6.89. The number of aryl methyl sites for hydroxylation is 1. The summed E-state index contributed by atoms with van der Waals surface area (Å²) in [4.78, 5) is 0. The van der Waals surface area contributed by atoms with Gasteiger partial charge in [-0.15, -0.1) is 0 Å². The van der Waals surface area contributed by atoms with Crippen molar-refractivity contribution in [1.29, 1.82) is 0 Å². The molecule has 0 saturated carbocycles. The summed E-state index contributed by atoms with van der Waals surface area (Å²) in [6, 6.07) is 3.48. The van der Waals surface area contributed by atoms with Crippen LogP contribution in [-0.2, 0) is 13.1 Å². The van der Waals surface area contributed by atoms with Gasteiger partial charge < -0.3 is 15.2 Å². The van der Waals surface area contributed by atoms with Crippen LogP contribution < -0.4 is 10.1 Å². The van der Waals surface area contributed by atoms with Crippen molar-refractivity contribution in [1.82, 2.24) is 9.78 Å². The van der Waals surface area contributed by atoms with E-state index < -0.39 is 0 Å². The molecule has 0 aliphatic heterocycles. The SMILES string of the molecule is COc1cc(Cl)c(CNc2c(C)c(C)nn2CCO)cc1Cl. The van der Waals surface area contributed by atoms with Gasteiger partial charge in [-0.25, -0.2) is 4.68 Å². The number of halogens is 2. The number of aliphatic hydroxyl groups is 1. The molecular formula is C15H19Cl2N3O2. The van der Waals surface area contributed by atoms with Crippen molar-refractivity contribution in [2.75, 3.05) is 19.0 Å². The normalized spacial score (nSPS) is 10.8. The maximum absolute atomic E-state index is 9.13. The number of hydrogen-bond donors (Lipinski definition) is 2. The summed E-state index contributed by atoms with van der Waals surface area (Å²) in [5, 5.41) is 17.9. The molecular weight excluding hydrogens is 325 g/mol. The van der Waals surface area contributed by atoms with Gasteiger partial charge in [-0.05, 0) is 25.5 Å². The minimum absolute atomic E-state index is 0.0321. The highest BCUT2D eigenvalue weighted by Gasteiger charge is 2.13. The Morgan fingerprint density at radius 1 is 1.27 bits per heavy atom. The molecule has 0 atom stereocenters. The summed E-state index contributed by atoms with van der Waals surface area (Å²) in [6.07, 6.45) is 0. The van der Waals surface area contributed by atoms with E-state index in [1.807, 2.05) is 13.8 Å². The quantitative estimate of drug-likeness (QED) is 0.843. The Labute approximate surface area is 139 Å². The van der Waals surface area contributed by atoms with Crippen LogP contribution in [0.4, 0.5) is 5.82 Å². The number of benzene rings is 1. The first-order valence-corrected chi connectivity index (χ1v) is 7.64. The van der Waals surface area contributed by atoms with Gasteiger partial charge in [0, 0.05) is 23.2 Å². The summed E-state index contributed by atoms with van der Waals surface area (Å²) in [5.41, 5.74) is 2.83. The molecule has 7 heteroatoms. The number of hydrogen-bond acceptors (Lipinski definition) is 4. The number of aromatic nitrogens is 2. The zero-order valence-corrected chi connectivity index (χ0v) is 14.3. The predicted octanol–water partition coefficient (Wildman–Crippen LogP) is 3.42. The highest BCUT2D eigenvalue weighted by Crippen LogP contribution is 2.31. The van der Waals surface area contributed by atoms with Crippen molar-refractivity contribution in [3.63, 3.8) is 0 Å². The number of methoxy groups -OCH3 is 1. The van der Waals surface area contributed by atoms with Gasteiger partial charge in [0.05, 0.1) is 31.0 Å². The first kappa shape index (κ1) is 16.9. The van der Waals surface area contributed by atoms with Gasteiger partial charge in [-0.3, -0.25) is 0 Å². The maximum Gasteiger partial charge on any atom is 0.138 e. The number of nitrogens with one attached hydrogen (secondary N) is 1. The summed E-state index contributed by atoms with van der Waals surface area (Å²) in [7, 11) is 1.55. The molecule has 1 aromatic heterocycles. The Bertz CT molecular complexity index is 671. The third-order valence-electron chi connectivity index (χ3n) is 3.51. The zero-order chi connectivity index (χ0) is 16.3. The van der Waals surface area contributed by atoms with Gasteiger partial charge in [-0.1, -0.05) is 23.2 Å². The van der Waals surface area contributed by atoms with Crippen molar-refractivity contribution >= 4 is 29.0 Å². The molecule has 0 fully saturated rings. The van der Waals surface area contributed by atoms with Gasteiger partial charge in [0.1, 0.15) is 11.6 Å². The van der Waals surface area contributed by atoms with Gasteiger partial charge in [0.2, 0.25) is 0 Å². The Morgan fingerprint density at radius 3 is 2.64 bits per heavy atom. The number of aliphatic hydroxyl groups excluding tert-OH is 1. The Kier molecular flexibility index (Phi) is 5.56. The minimum atomic E-state index is 0.0321. The van der Waals surface area contributed by atoms with Crippen LogP contribution in [0.5, 0.6) is 5.75 Å². The van der Waals surface area contributed by atoms with E-state index in [4.69, 9.17) is 33.0 Å². The summed E-state index contributed by atoms with van der Waals surface area (Å²) in [5.74, 6) is 1.42. The zero-order valence-electron chi connectivity index (χ0n) is 12.8. The van der Waals surface area contributed by atoms with Gasteiger partial charge >= 0.3 is 0 Å². The lowest BCUT2D eigenvalue weighted by Gasteiger charge is -2.13. The molecule has 2 rings (SSSR count). The molecule has 0 bridgehead atoms. The van der Waals surface area contributed by atoms with Crippen LogP contribution in [0.1, 0.15) is 16.8 Å². The minimum Gasteiger partial charge on any atom is -0.495 e. The predicted molar refractivity (Wildman–Crippen MR) is 89.1 cm³/mol. The monoisotopic (exact) mass is 343 g/mol. The first-order chi connectivity index (χ1) is 10.5. The molecule has 2 aromatic rings. The first-order valence-electron chi connectivity index (χ1n) is 6.88. The van der Waals surface area contributed by atoms with E-state index >= 15 is 0 Å². The van der Waals surface area contributed by atoms with E-state index in [-0.39, 0.29) is 6.61 Å². The number of rotatable bonds is 6. The van der Waals surface area contributed by atoms with Crippen LogP contribution in [0.15, 0.2) is 12.1 Å². The van der Waals surface area contributed by atoms with E-state index in [0.29, 0.717) is 28.9 Å². The highest BCUT2D eigenvalue weighted by molar-refractivity contribution is 6.34. The Balaban J connectivity index is 2.22. The second kappa shape index (κ2) is 7.22. The smallest absolute Gasteiger partial charge is 0.138 e. The van der Waals surface area contributed by atoms with Crippen LogP contribution in [0.2, 0.25) is 10.0 Å². The second-order valence-electron chi connectivity index (χ2n) is 4.94. The fourth-order valence-electron chi connectivity index (χ4n) is 2.19. The number of ether oxygens (including phenoxy) is 1. The van der Waals surface area contributed by atoms with Crippen LogP contribution >= 0.6 is 23.2 Å². The van der Waals surface area contributed by atoms with Crippen molar-refractivity contribution < 1.29 is 9.84 Å². The van der Waals surface area contributed by atoms with Crippen molar-refractivity contribution in [3.05, 3.63) is 39.0 Å². The van der Waals surface area contributed by atoms with E-state index in [1.165, 1.54) is 0 Å². The maximum atomic E-state index is 9.13. The van der Waals surface area contributed by atoms with Crippen LogP contribution in [0.25, 0.3) is 0 Å². The molecule has 2 N–H and O–H groups in total. The molecule has 0 amide bonds. The Hall–Kier alpha value is -1.43. The van der Waals surface area contributed by atoms with Gasteiger partial charge in [-0.2, -0.15) is 5.10 Å². The second-order valence-corrected chi connectivity index (χ2v) is 5.75. The topological polar surface area (TPSA) is 59.3 Å². The van der Waals surface area contributed by atoms with Crippen molar-refractivity contribution in [3.8, 4) is 5.75 Å². The summed E-state index contributed by atoms with van der Waals surface area (Å²) in [6.45, 7) is 4.89. The fourth-order valence-corrected chi connectivity index (χ4v) is 2.68. The van der Waals surface area contributed by atoms with Crippen LogP contribution in [0, 0.1) is 13.8 Å². The molecule has 0 unspecified atom stereocenters. The van der Waals surface area contributed by atoms with E-state index in [1.54, 1.807) is 23.9 Å². The van der Waals surface area contributed by atoms with Crippen molar-refractivity contribution in [2.45, 2.75) is 26.9 Å². The van der Waals surface area contributed by atoms with Crippen LogP contribution in [0.3, 0.4) is 0 Å². The lowest BCUT2D eigenvalue weighted by molar-refractivity contribution is 0.270. The molecule has 0 aliphatic rings. The fraction of sp³-hybridized carbons (Fsp3) is 0.400. The average Bonchev–Trinajstić information content (AvgIpc) is 2.75. The lowest BCUT2D eigenvalue weighted by Crippen LogP contribution is -2.11. The molecule has 0 saturated heterocycles. The largest absolute Gasteiger partial charge is 0.495 e. The number of nitrogens with zero attached hydrogens (tertiary/aromatic N) is 2. The molecule has 1 heterocycles. The lowest BCUT2D eigenvalue weighted by atomic mass is 10.2. The van der Waals surface area contributed by atoms with Crippen molar-refractivity contribution in [2.24, 2.45) is 0 Å². The molecule has 1 aromatic carbocycles. The van der Waals surface area contributed by atoms with Crippen LogP contribution in [-0.4, -0.2) is 28.6 Å². The molecule has 120 valence electrons. The standard InChI is InChI=1S/C15H19Cl2N3O2/c1-9-10(2)19-20(4-5-21)15(9)18-8-11-6-13(17)14(22-3)7-12(11)16/h6-7,18,21H,4-5,8H2,1-3H3. The summed E-state index contributed by atoms with van der Waals surface area (Å²) >= 11 is 12.4. The molecule has 0 spiro atoms. The van der Waals surface area contributed by atoms with E-state index in [2.05, 4.69) is 10.4 Å². The van der Waals surface area contributed by atoms with Gasteiger partial charge in [0.25, 0.3) is 0 Å². The van der Waals surface area contributed by atoms with E-state index in [0.717, 1.165) is 22.6 Å². The molecule has 22 heavy (non-hydrogen) atoms. The van der Waals surface area contributed by atoms with Gasteiger partial charge in [0.15, 0.2) is 0 Å². The third-order valence-corrected chi connectivity index (χ3v) is 4.15. The number of anilines is 1. The molecule has 0 aliphatic carbocycles. The van der Waals surface area contributed by atoms with E-state index in [9.17, 15) is 0 Å². The molecule has 0 radical (unpaired) electrons. The third kappa shape index (κ3) is 3.48. The highest BCUT2D eigenvalue weighted by atomic mass is 35.5. The average molecular weight is 344 g/mol. The Morgan fingerprint density at radius 2 is 2.00 bits per heavy atom. The molecule has 5 nitrogen and oxygen atoms in total.